The molecule has 1 amide bonds. The van der Waals surface area contributed by atoms with Crippen molar-refractivity contribution < 1.29 is 14.3 Å². The highest BCUT2D eigenvalue weighted by atomic mass is 16.5. The average molecular weight is 396 g/mol. The van der Waals surface area contributed by atoms with Gasteiger partial charge < -0.3 is 25.0 Å². The highest BCUT2D eigenvalue weighted by molar-refractivity contribution is 5.85. The van der Waals surface area contributed by atoms with Crippen molar-refractivity contribution >= 4 is 11.9 Å². The Morgan fingerprint density at radius 1 is 1.17 bits per heavy atom. The van der Waals surface area contributed by atoms with E-state index in [0.29, 0.717) is 25.7 Å². The van der Waals surface area contributed by atoms with E-state index in [1.54, 1.807) is 14.1 Å². The second kappa shape index (κ2) is 10.4. The molecule has 1 atom stereocenters. The molecule has 7 nitrogen and oxygen atoms in total. The number of ether oxygens (including phenoxy) is 2. The van der Waals surface area contributed by atoms with Gasteiger partial charge in [-0.1, -0.05) is 36.4 Å². The lowest BCUT2D eigenvalue weighted by Crippen LogP contribution is -2.43. The van der Waals surface area contributed by atoms with E-state index in [9.17, 15) is 4.79 Å². The zero-order valence-corrected chi connectivity index (χ0v) is 16.9. The van der Waals surface area contributed by atoms with Crippen LogP contribution < -0.4 is 20.1 Å². The van der Waals surface area contributed by atoms with Crippen molar-refractivity contribution in [2.45, 2.75) is 12.5 Å². The zero-order chi connectivity index (χ0) is 20.5. The summed E-state index contributed by atoms with van der Waals surface area (Å²) in [6.45, 7) is 1.75. The minimum Gasteiger partial charge on any atom is -0.493 e. The highest BCUT2D eigenvalue weighted by Gasteiger charge is 2.22. The van der Waals surface area contributed by atoms with Gasteiger partial charge in [0, 0.05) is 26.1 Å². The first-order chi connectivity index (χ1) is 14.1. The van der Waals surface area contributed by atoms with Gasteiger partial charge in [0.25, 0.3) is 0 Å². The molecule has 7 heteroatoms. The van der Waals surface area contributed by atoms with Crippen molar-refractivity contribution in [3.8, 4) is 11.5 Å². The van der Waals surface area contributed by atoms with E-state index in [2.05, 4.69) is 15.6 Å². The monoisotopic (exact) mass is 396 g/mol. The van der Waals surface area contributed by atoms with Crippen LogP contribution in [0.15, 0.2) is 59.6 Å². The van der Waals surface area contributed by atoms with E-state index in [0.717, 1.165) is 23.5 Å². The first-order valence-corrected chi connectivity index (χ1v) is 9.78. The van der Waals surface area contributed by atoms with Crippen LogP contribution in [0.25, 0.3) is 0 Å². The molecule has 1 unspecified atom stereocenters. The minimum absolute atomic E-state index is 0.0565. The Morgan fingerprint density at radius 3 is 2.72 bits per heavy atom. The fourth-order valence-electron chi connectivity index (χ4n) is 2.95. The number of nitrogens with one attached hydrogen (secondary N) is 2. The molecule has 1 aliphatic heterocycles. The summed E-state index contributed by atoms with van der Waals surface area (Å²) in [7, 11) is 3.45. The number of likely N-dealkylation sites (N-methyl/N-ethyl adjacent to an activating group) is 1. The van der Waals surface area contributed by atoms with Crippen LogP contribution in [0.4, 0.5) is 0 Å². The fraction of sp³-hybridized carbons (Fsp3) is 0.364. The Bertz CT molecular complexity index is 824. The van der Waals surface area contributed by atoms with Crippen molar-refractivity contribution in [3.63, 3.8) is 0 Å². The molecule has 29 heavy (non-hydrogen) atoms. The number of hydrogen-bond donors (Lipinski definition) is 2. The number of fused-ring (bicyclic) bond motifs is 1. The van der Waals surface area contributed by atoms with Crippen LogP contribution in [-0.4, -0.2) is 57.2 Å². The third-order valence-corrected chi connectivity index (χ3v) is 4.55. The standard InChI is InChI=1S/C22H28N4O3/c1-26(2)21(27)16-24-22(23-13-15-28-17-8-4-3-5-9-17)25-19-12-14-29-20-11-7-6-10-18(19)20/h3-11,19H,12-16H2,1-2H3,(H2,23,24,25). The summed E-state index contributed by atoms with van der Waals surface area (Å²) in [6, 6.07) is 17.7. The van der Waals surface area contributed by atoms with Crippen LogP contribution in [0.3, 0.4) is 0 Å². The summed E-state index contributed by atoms with van der Waals surface area (Å²) in [5.74, 6) is 2.23. The van der Waals surface area contributed by atoms with Crippen molar-refractivity contribution in [1.82, 2.24) is 15.5 Å². The molecule has 1 heterocycles. The molecule has 2 aromatic carbocycles. The van der Waals surface area contributed by atoms with Gasteiger partial charge in [-0.25, -0.2) is 4.99 Å². The van der Waals surface area contributed by atoms with Crippen LogP contribution in [0, 0.1) is 0 Å². The molecule has 0 saturated carbocycles. The number of carbonyl (C=O) groups is 1. The van der Waals surface area contributed by atoms with Crippen molar-refractivity contribution in [1.29, 1.82) is 0 Å². The normalized spacial score (nSPS) is 15.7. The predicted molar refractivity (Wildman–Crippen MR) is 113 cm³/mol. The molecule has 0 fully saturated rings. The van der Waals surface area contributed by atoms with Gasteiger partial charge in [-0.2, -0.15) is 0 Å². The number of rotatable bonds is 7. The Morgan fingerprint density at radius 2 is 1.93 bits per heavy atom. The van der Waals surface area contributed by atoms with Gasteiger partial charge in [0.05, 0.1) is 19.2 Å². The van der Waals surface area contributed by atoms with Gasteiger partial charge in [-0.15, -0.1) is 0 Å². The second-order valence-corrected chi connectivity index (χ2v) is 6.91. The number of nitrogens with zero attached hydrogens (tertiary/aromatic N) is 2. The third kappa shape index (κ3) is 6.14. The van der Waals surface area contributed by atoms with Crippen molar-refractivity contribution in [2.24, 2.45) is 4.99 Å². The highest BCUT2D eigenvalue weighted by Crippen LogP contribution is 2.31. The van der Waals surface area contributed by atoms with E-state index in [1.807, 2.05) is 54.6 Å². The summed E-state index contributed by atoms with van der Waals surface area (Å²) in [5.41, 5.74) is 1.09. The van der Waals surface area contributed by atoms with E-state index in [-0.39, 0.29) is 18.5 Å². The van der Waals surface area contributed by atoms with E-state index < -0.39 is 0 Å². The Kier molecular flexibility index (Phi) is 7.33. The SMILES string of the molecule is CN(C)C(=O)CN=C(NCCOc1ccccc1)NC1CCOc2ccccc21. The molecule has 2 N–H and O–H groups in total. The molecule has 2 aromatic rings. The maximum absolute atomic E-state index is 12.0. The van der Waals surface area contributed by atoms with Gasteiger partial charge in [-0.05, 0) is 18.2 Å². The van der Waals surface area contributed by atoms with Gasteiger partial charge in [0.15, 0.2) is 5.96 Å². The van der Waals surface area contributed by atoms with Gasteiger partial charge in [0.2, 0.25) is 5.91 Å². The largest absolute Gasteiger partial charge is 0.493 e. The molecule has 0 aromatic heterocycles. The quantitative estimate of drug-likeness (QED) is 0.426. The first kappa shape index (κ1) is 20.5. The average Bonchev–Trinajstić information content (AvgIpc) is 2.75. The number of amides is 1. The molecule has 0 spiro atoms. The molecule has 1 aliphatic rings. The van der Waals surface area contributed by atoms with Gasteiger partial charge in [0.1, 0.15) is 24.7 Å². The van der Waals surface area contributed by atoms with Crippen LogP contribution in [-0.2, 0) is 4.79 Å². The number of guanidine groups is 1. The van der Waals surface area contributed by atoms with Gasteiger partial charge in [-0.3, -0.25) is 4.79 Å². The fourth-order valence-corrected chi connectivity index (χ4v) is 2.95. The predicted octanol–water partition coefficient (Wildman–Crippen LogP) is 2.21. The summed E-state index contributed by atoms with van der Waals surface area (Å²) in [6.07, 6.45) is 0.819. The summed E-state index contributed by atoms with van der Waals surface area (Å²) >= 11 is 0. The summed E-state index contributed by atoms with van der Waals surface area (Å²) in [4.78, 5) is 18.0. The van der Waals surface area contributed by atoms with Crippen molar-refractivity contribution in [2.75, 3.05) is 40.4 Å². The number of carbonyl (C=O) groups excluding carboxylic acids is 1. The topological polar surface area (TPSA) is 75.2 Å². The smallest absolute Gasteiger partial charge is 0.243 e. The van der Waals surface area contributed by atoms with Crippen LogP contribution in [0.5, 0.6) is 11.5 Å². The Balaban J connectivity index is 1.62. The van der Waals surface area contributed by atoms with E-state index >= 15 is 0 Å². The third-order valence-electron chi connectivity index (χ3n) is 4.55. The Hall–Kier alpha value is -3.22. The van der Waals surface area contributed by atoms with Gasteiger partial charge >= 0.3 is 0 Å². The van der Waals surface area contributed by atoms with Crippen LogP contribution in [0.1, 0.15) is 18.0 Å². The second-order valence-electron chi connectivity index (χ2n) is 6.91. The Labute approximate surface area is 171 Å². The molecular weight excluding hydrogens is 368 g/mol. The first-order valence-electron chi connectivity index (χ1n) is 9.78. The molecular formula is C22H28N4O3. The number of benzene rings is 2. The number of hydrogen-bond acceptors (Lipinski definition) is 4. The van der Waals surface area contributed by atoms with Crippen LogP contribution in [0.2, 0.25) is 0 Å². The maximum atomic E-state index is 12.0. The number of para-hydroxylation sites is 2. The zero-order valence-electron chi connectivity index (χ0n) is 16.9. The van der Waals surface area contributed by atoms with Crippen LogP contribution >= 0.6 is 0 Å². The summed E-state index contributed by atoms with van der Waals surface area (Å²) in [5, 5.41) is 6.70. The van der Waals surface area contributed by atoms with Crippen molar-refractivity contribution in [3.05, 3.63) is 60.2 Å². The lowest BCUT2D eigenvalue weighted by atomic mass is 10.0. The minimum atomic E-state index is -0.0565. The molecule has 154 valence electrons. The molecule has 3 rings (SSSR count). The molecule has 0 radical (unpaired) electrons. The number of aliphatic imine (C=N–C) groups is 1. The molecule has 0 saturated heterocycles. The lowest BCUT2D eigenvalue weighted by Gasteiger charge is -2.28. The van der Waals surface area contributed by atoms with E-state index in [4.69, 9.17) is 9.47 Å². The summed E-state index contributed by atoms with van der Waals surface area (Å²) < 4.78 is 11.5. The maximum Gasteiger partial charge on any atom is 0.243 e. The van der Waals surface area contributed by atoms with E-state index in [1.165, 1.54) is 4.90 Å². The lowest BCUT2D eigenvalue weighted by molar-refractivity contribution is -0.127. The molecule has 0 bridgehead atoms. The molecule has 0 aliphatic carbocycles.